The lowest BCUT2D eigenvalue weighted by Gasteiger charge is -2.04. The molecule has 0 amide bonds. The highest BCUT2D eigenvalue weighted by molar-refractivity contribution is 5.79. The summed E-state index contributed by atoms with van der Waals surface area (Å²) in [6, 6.07) is 0. The Bertz CT molecular complexity index is 197. The Kier molecular flexibility index (Phi) is 7.18. The second-order valence-electron chi connectivity index (χ2n) is 4.16. The maximum atomic E-state index is 11.3. The number of hydrogen-bond acceptors (Lipinski definition) is 2. The first-order valence-electron chi connectivity index (χ1n) is 6.14. The van der Waals surface area contributed by atoms with Gasteiger partial charge in [0.1, 0.15) is 6.61 Å². The smallest absolute Gasteiger partial charge is 0.158 e. The van der Waals surface area contributed by atoms with Crippen LogP contribution in [-0.4, -0.2) is 19.0 Å². The van der Waals surface area contributed by atoms with Crippen LogP contribution in [0.5, 0.6) is 0 Å². The molecule has 1 heterocycles. The molecule has 0 aliphatic carbocycles. The quantitative estimate of drug-likeness (QED) is 0.574. The van der Waals surface area contributed by atoms with Crippen molar-refractivity contribution in [1.82, 2.24) is 0 Å². The molecule has 0 unspecified atom stereocenters. The van der Waals surface area contributed by atoms with Crippen LogP contribution in [0.4, 0.5) is 0 Å². The van der Waals surface area contributed by atoms with E-state index in [1.165, 1.54) is 19.3 Å². The van der Waals surface area contributed by atoms with Crippen LogP contribution < -0.4 is 0 Å². The number of Topliss-reactive ketones (excluding diaryl/α,β-unsaturated/α-hetero) is 1. The van der Waals surface area contributed by atoms with E-state index < -0.39 is 0 Å². The summed E-state index contributed by atoms with van der Waals surface area (Å²) in [6.07, 6.45) is 13.2. The van der Waals surface area contributed by atoms with Crippen molar-refractivity contribution < 1.29 is 9.53 Å². The molecule has 1 aliphatic heterocycles. The van der Waals surface area contributed by atoms with Gasteiger partial charge in [0.2, 0.25) is 0 Å². The van der Waals surface area contributed by atoms with E-state index >= 15 is 0 Å². The molecule has 1 rings (SSSR count). The number of allylic oxidation sites excluding steroid dienone is 2. The fraction of sp³-hybridized carbons (Fsp3) is 0.769. The molecule has 1 aliphatic rings. The zero-order chi connectivity index (χ0) is 10.8. The van der Waals surface area contributed by atoms with E-state index in [0.717, 1.165) is 32.3 Å². The van der Waals surface area contributed by atoms with Gasteiger partial charge in [0.25, 0.3) is 0 Å². The highest BCUT2D eigenvalue weighted by Crippen LogP contribution is 2.06. The van der Waals surface area contributed by atoms with Gasteiger partial charge in [-0.25, -0.2) is 0 Å². The molecular formula is C13H22O2. The number of carbonyl (C=O) groups is 1. The molecule has 0 aromatic heterocycles. The van der Waals surface area contributed by atoms with Gasteiger partial charge in [0.05, 0.1) is 0 Å². The fourth-order valence-corrected chi connectivity index (χ4v) is 1.72. The van der Waals surface area contributed by atoms with Gasteiger partial charge in [0.15, 0.2) is 5.78 Å². The Morgan fingerprint density at radius 2 is 1.67 bits per heavy atom. The van der Waals surface area contributed by atoms with Gasteiger partial charge in [0, 0.05) is 13.0 Å². The molecule has 0 bridgehead atoms. The van der Waals surface area contributed by atoms with Crippen LogP contribution in [0.25, 0.3) is 0 Å². The monoisotopic (exact) mass is 210 g/mol. The summed E-state index contributed by atoms with van der Waals surface area (Å²) >= 11 is 0. The highest BCUT2D eigenvalue weighted by Gasteiger charge is 2.01. The third-order valence-corrected chi connectivity index (χ3v) is 2.67. The Labute approximate surface area is 92.7 Å². The Hall–Kier alpha value is -0.630. The molecule has 0 radical (unpaired) electrons. The van der Waals surface area contributed by atoms with Crippen molar-refractivity contribution in [3.8, 4) is 0 Å². The van der Waals surface area contributed by atoms with Crippen LogP contribution in [0.3, 0.4) is 0 Å². The van der Waals surface area contributed by atoms with Gasteiger partial charge in [-0.2, -0.15) is 0 Å². The molecule has 0 fully saturated rings. The molecule has 2 heteroatoms. The second-order valence-corrected chi connectivity index (χ2v) is 4.16. The molecule has 0 N–H and O–H groups in total. The minimum absolute atomic E-state index is 0.266. The fourth-order valence-electron chi connectivity index (χ4n) is 1.72. The predicted octanol–water partition coefficient (Wildman–Crippen LogP) is 3.26. The summed E-state index contributed by atoms with van der Waals surface area (Å²) in [6.45, 7) is 1.06. The summed E-state index contributed by atoms with van der Waals surface area (Å²) in [5.74, 6) is 0.266. The molecular weight excluding hydrogens is 188 g/mol. The van der Waals surface area contributed by atoms with Crippen LogP contribution in [0, 0.1) is 0 Å². The number of carbonyl (C=O) groups excluding carboxylic acids is 1. The first kappa shape index (κ1) is 12.4. The molecule has 15 heavy (non-hydrogen) atoms. The maximum absolute atomic E-state index is 11.3. The van der Waals surface area contributed by atoms with E-state index in [2.05, 4.69) is 12.2 Å². The first-order valence-corrected chi connectivity index (χ1v) is 6.14. The van der Waals surface area contributed by atoms with Crippen LogP contribution in [-0.2, 0) is 9.53 Å². The molecule has 0 saturated carbocycles. The van der Waals surface area contributed by atoms with E-state index in [9.17, 15) is 4.79 Å². The van der Waals surface area contributed by atoms with Crippen LogP contribution in [0.1, 0.15) is 51.4 Å². The Balaban J connectivity index is 2.20. The lowest BCUT2D eigenvalue weighted by atomic mass is 10.1. The minimum atomic E-state index is 0.266. The Morgan fingerprint density at radius 1 is 0.933 bits per heavy atom. The summed E-state index contributed by atoms with van der Waals surface area (Å²) in [5.41, 5.74) is 0. The molecule has 0 saturated heterocycles. The van der Waals surface area contributed by atoms with Gasteiger partial charge in [-0.1, -0.05) is 18.6 Å². The third-order valence-electron chi connectivity index (χ3n) is 2.67. The second kappa shape index (κ2) is 8.66. The number of rotatable bonds is 0. The van der Waals surface area contributed by atoms with E-state index in [1.54, 1.807) is 0 Å². The highest BCUT2D eigenvalue weighted by atomic mass is 16.5. The van der Waals surface area contributed by atoms with Crippen molar-refractivity contribution in [3.63, 3.8) is 0 Å². The standard InChI is InChI=1S/C13H22O2/c14-13-10-8-6-4-2-1-3-5-7-9-11-15-12-13/h1,3H,2,4-12H2/b3-1-. The van der Waals surface area contributed by atoms with Gasteiger partial charge >= 0.3 is 0 Å². The average Bonchev–Trinajstić information content (AvgIpc) is 2.24. The van der Waals surface area contributed by atoms with Gasteiger partial charge in [-0.15, -0.1) is 0 Å². The molecule has 0 atom stereocenters. The van der Waals surface area contributed by atoms with E-state index in [4.69, 9.17) is 4.74 Å². The van der Waals surface area contributed by atoms with Gasteiger partial charge in [-0.05, 0) is 38.5 Å². The van der Waals surface area contributed by atoms with Crippen molar-refractivity contribution in [3.05, 3.63) is 12.2 Å². The van der Waals surface area contributed by atoms with E-state index in [-0.39, 0.29) is 5.78 Å². The molecule has 86 valence electrons. The summed E-state index contributed by atoms with van der Waals surface area (Å²) in [5, 5.41) is 0. The van der Waals surface area contributed by atoms with Crippen molar-refractivity contribution in [2.24, 2.45) is 0 Å². The summed E-state index contributed by atoms with van der Waals surface area (Å²) < 4.78 is 5.32. The molecule has 0 aromatic rings. The SMILES string of the molecule is O=C1CCCCC/C=C\CCCCOC1. The third kappa shape index (κ3) is 7.32. The van der Waals surface area contributed by atoms with E-state index in [1.807, 2.05) is 0 Å². The largest absolute Gasteiger partial charge is 0.374 e. The molecule has 2 nitrogen and oxygen atoms in total. The number of hydrogen-bond donors (Lipinski definition) is 0. The number of ether oxygens (including phenoxy) is 1. The van der Waals surface area contributed by atoms with Gasteiger partial charge in [-0.3, -0.25) is 4.79 Å². The predicted molar refractivity (Wildman–Crippen MR) is 61.9 cm³/mol. The number of ketones is 1. The topological polar surface area (TPSA) is 26.3 Å². The van der Waals surface area contributed by atoms with Crippen molar-refractivity contribution in [1.29, 1.82) is 0 Å². The van der Waals surface area contributed by atoms with Crippen LogP contribution >= 0.6 is 0 Å². The zero-order valence-corrected chi connectivity index (χ0v) is 9.54. The lowest BCUT2D eigenvalue weighted by Crippen LogP contribution is -2.09. The average molecular weight is 210 g/mol. The van der Waals surface area contributed by atoms with Gasteiger partial charge < -0.3 is 4.74 Å². The van der Waals surface area contributed by atoms with Crippen molar-refractivity contribution in [2.45, 2.75) is 51.4 Å². The van der Waals surface area contributed by atoms with Crippen molar-refractivity contribution >= 4 is 5.78 Å². The maximum Gasteiger partial charge on any atom is 0.158 e. The van der Waals surface area contributed by atoms with E-state index in [0.29, 0.717) is 13.0 Å². The lowest BCUT2D eigenvalue weighted by molar-refractivity contribution is -0.123. The molecule has 0 aromatic carbocycles. The molecule has 0 spiro atoms. The van der Waals surface area contributed by atoms with Crippen LogP contribution in [0.15, 0.2) is 12.2 Å². The normalized spacial score (nSPS) is 24.4. The van der Waals surface area contributed by atoms with Crippen molar-refractivity contribution in [2.75, 3.05) is 13.2 Å². The van der Waals surface area contributed by atoms with Crippen LogP contribution in [0.2, 0.25) is 0 Å². The first-order chi connectivity index (χ1) is 7.39. The summed E-state index contributed by atoms with van der Waals surface area (Å²) in [7, 11) is 0. The zero-order valence-electron chi connectivity index (χ0n) is 9.54. The Morgan fingerprint density at radius 3 is 2.47 bits per heavy atom. The minimum Gasteiger partial charge on any atom is -0.374 e. The summed E-state index contributed by atoms with van der Waals surface area (Å²) in [4.78, 5) is 11.3.